The third-order valence-electron chi connectivity index (χ3n) is 4.50. The summed E-state index contributed by atoms with van der Waals surface area (Å²) >= 11 is 0. The molecular formula is C19H21FN2O. The van der Waals surface area contributed by atoms with Crippen LogP contribution in [0.4, 0.5) is 10.1 Å². The van der Waals surface area contributed by atoms with Gasteiger partial charge in [-0.1, -0.05) is 25.1 Å². The highest BCUT2D eigenvalue weighted by Crippen LogP contribution is 2.36. The molecule has 2 unspecified atom stereocenters. The Hall–Kier alpha value is -2.36. The zero-order valence-corrected chi connectivity index (χ0v) is 13.4. The number of amides is 1. The van der Waals surface area contributed by atoms with Crippen LogP contribution in [0.3, 0.4) is 0 Å². The Balaban J connectivity index is 1.96. The predicted molar refractivity (Wildman–Crippen MR) is 89.5 cm³/mol. The summed E-state index contributed by atoms with van der Waals surface area (Å²) in [5, 5.41) is 0. The molecule has 0 radical (unpaired) electrons. The minimum absolute atomic E-state index is 0.0339. The van der Waals surface area contributed by atoms with Crippen LogP contribution in [0.1, 0.15) is 40.9 Å². The van der Waals surface area contributed by atoms with Gasteiger partial charge in [0.25, 0.3) is 5.91 Å². The second kappa shape index (κ2) is 6.03. The van der Waals surface area contributed by atoms with Crippen LogP contribution in [0.25, 0.3) is 0 Å². The zero-order valence-electron chi connectivity index (χ0n) is 13.4. The Labute approximate surface area is 135 Å². The van der Waals surface area contributed by atoms with Gasteiger partial charge in [-0.25, -0.2) is 4.39 Å². The summed E-state index contributed by atoms with van der Waals surface area (Å²) in [6.45, 7) is 4.70. The summed E-state index contributed by atoms with van der Waals surface area (Å²) in [7, 11) is 0. The van der Waals surface area contributed by atoms with Crippen LogP contribution in [0.5, 0.6) is 0 Å². The van der Waals surface area contributed by atoms with Crippen molar-refractivity contribution in [2.45, 2.75) is 26.3 Å². The second-order valence-corrected chi connectivity index (χ2v) is 6.44. The van der Waals surface area contributed by atoms with Gasteiger partial charge in [0.05, 0.1) is 6.04 Å². The van der Waals surface area contributed by atoms with E-state index in [-0.39, 0.29) is 17.8 Å². The van der Waals surface area contributed by atoms with Crippen LogP contribution in [0.2, 0.25) is 0 Å². The minimum atomic E-state index is -0.269. The number of carbonyl (C=O) groups excluding carboxylic acids is 1. The van der Waals surface area contributed by atoms with Gasteiger partial charge < -0.3 is 10.6 Å². The molecule has 23 heavy (non-hydrogen) atoms. The molecule has 2 aromatic carbocycles. The third-order valence-corrected chi connectivity index (χ3v) is 4.50. The van der Waals surface area contributed by atoms with Crippen molar-refractivity contribution in [3.8, 4) is 0 Å². The molecule has 2 atom stereocenters. The van der Waals surface area contributed by atoms with Gasteiger partial charge in [0, 0.05) is 17.8 Å². The van der Waals surface area contributed by atoms with Crippen LogP contribution >= 0.6 is 0 Å². The van der Waals surface area contributed by atoms with Crippen molar-refractivity contribution in [2.75, 3.05) is 12.3 Å². The van der Waals surface area contributed by atoms with E-state index in [4.69, 9.17) is 5.73 Å². The monoisotopic (exact) mass is 312 g/mol. The molecule has 1 aliphatic rings. The quantitative estimate of drug-likeness (QED) is 0.854. The Kier molecular flexibility index (Phi) is 4.07. The fourth-order valence-corrected chi connectivity index (χ4v) is 3.33. The summed E-state index contributed by atoms with van der Waals surface area (Å²) in [4.78, 5) is 14.9. The number of carbonyl (C=O) groups is 1. The van der Waals surface area contributed by atoms with Crippen LogP contribution in [0.15, 0.2) is 42.5 Å². The van der Waals surface area contributed by atoms with Gasteiger partial charge in [0.15, 0.2) is 0 Å². The first-order valence-corrected chi connectivity index (χ1v) is 7.88. The third kappa shape index (κ3) is 3.07. The minimum Gasteiger partial charge on any atom is -0.399 e. The number of likely N-dealkylation sites (tertiary alicyclic amines) is 1. The lowest BCUT2D eigenvalue weighted by molar-refractivity contribution is 0.0731. The lowest BCUT2D eigenvalue weighted by Crippen LogP contribution is -2.31. The topological polar surface area (TPSA) is 46.3 Å². The van der Waals surface area contributed by atoms with E-state index in [9.17, 15) is 9.18 Å². The fraction of sp³-hybridized carbons (Fsp3) is 0.316. The van der Waals surface area contributed by atoms with Gasteiger partial charge in [-0.15, -0.1) is 0 Å². The first-order valence-electron chi connectivity index (χ1n) is 7.88. The number of aryl methyl sites for hydroxylation is 1. The molecular weight excluding hydrogens is 291 g/mol. The SMILES string of the molecule is Cc1ccc(N)cc1C(=O)N1CC(C)CC1c1cccc(F)c1. The van der Waals surface area contributed by atoms with Gasteiger partial charge in [0.2, 0.25) is 0 Å². The van der Waals surface area contributed by atoms with Crippen molar-refractivity contribution >= 4 is 11.6 Å². The predicted octanol–water partition coefficient (Wildman–Crippen LogP) is 3.94. The van der Waals surface area contributed by atoms with Gasteiger partial charge in [-0.2, -0.15) is 0 Å². The lowest BCUT2D eigenvalue weighted by atomic mass is 10.00. The summed E-state index contributed by atoms with van der Waals surface area (Å²) in [6, 6.07) is 11.8. The van der Waals surface area contributed by atoms with E-state index in [2.05, 4.69) is 6.92 Å². The standard InChI is InChI=1S/C19H21FN2O/c1-12-8-18(14-4-3-5-15(20)9-14)22(11-12)19(23)17-10-16(21)7-6-13(17)2/h3-7,9-10,12,18H,8,11,21H2,1-2H3. The van der Waals surface area contributed by atoms with Crippen molar-refractivity contribution in [2.24, 2.45) is 5.92 Å². The van der Waals surface area contributed by atoms with Crippen molar-refractivity contribution in [1.29, 1.82) is 0 Å². The van der Waals surface area contributed by atoms with Gasteiger partial charge >= 0.3 is 0 Å². The fourth-order valence-electron chi connectivity index (χ4n) is 3.33. The van der Waals surface area contributed by atoms with E-state index < -0.39 is 0 Å². The Morgan fingerprint density at radius 1 is 1.26 bits per heavy atom. The lowest BCUT2D eigenvalue weighted by Gasteiger charge is -2.26. The highest BCUT2D eigenvalue weighted by molar-refractivity contribution is 5.97. The molecule has 1 saturated heterocycles. The van der Waals surface area contributed by atoms with Crippen LogP contribution in [-0.2, 0) is 0 Å². The van der Waals surface area contributed by atoms with E-state index in [1.54, 1.807) is 18.2 Å². The molecule has 3 nitrogen and oxygen atoms in total. The van der Waals surface area contributed by atoms with Crippen LogP contribution < -0.4 is 5.73 Å². The number of hydrogen-bond acceptors (Lipinski definition) is 2. The van der Waals surface area contributed by atoms with Crippen molar-refractivity contribution in [3.05, 3.63) is 65.0 Å². The van der Waals surface area contributed by atoms with Gasteiger partial charge in [-0.3, -0.25) is 4.79 Å². The summed E-state index contributed by atoms with van der Waals surface area (Å²) in [5.74, 6) is 0.0802. The number of hydrogen-bond donors (Lipinski definition) is 1. The average molecular weight is 312 g/mol. The Morgan fingerprint density at radius 2 is 2.04 bits per heavy atom. The molecule has 0 aliphatic carbocycles. The maximum Gasteiger partial charge on any atom is 0.254 e. The molecule has 0 bridgehead atoms. The molecule has 1 heterocycles. The number of nitrogens with two attached hydrogens (primary N) is 1. The number of nitrogen functional groups attached to an aromatic ring is 1. The molecule has 2 aromatic rings. The largest absolute Gasteiger partial charge is 0.399 e. The number of benzene rings is 2. The number of halogens is 1. The van der Waals surface area contributed by atoms with Crippen molar-refractivity contribution in [3.63, 3.8) is 0 Å². The Morgan fingerprint density at radius 3 is 2.78 bits per heavy atom. The van der Waals surface area contributed by atoms with E-state index in [0.717, 1.165) is 17.5 Å². The Bertz CT molecular complexity index is 744. The normalized spacial score (nSPS) is 20.7. The first kappa shape index (κ1) is 15.5. The van der Waals surface area contributed by atoms with E-state index in [1.165, 1.54) is 12.1 Å². The van der Waals surface area contributed by atoms with Gasteiger partial charge in [-0.05, 0) is 54.7 Å². The second-order valence-electron chi connectivity index (χ2n) is 6.44. The summed E-state index contributed by atoms with van der Waals surface area (Å²) in [5.41, 5.74) is 8.79. The molecule has 1 amide bonds. The summed E-state index contributed by atoms with van der Waals surface area (Å²) in [6.07, 6.45) is 0.844. The number of rotatable bonds is 2. The molecule has 1 fully saturated rings. The molecule has 120 valence electrons. The van der Waals surface area contributed by atoms with Crippen LogP contribution in [0, 0.1) is 18.7 Å². The first-order chi connectivity index (χ1) is 11.0. The molecule has 4 heteroatoms. The van der Waals surface area contributed by atoms with Crippen molar-refractivity contribution in [1.82, 2.24) is 4.90 Å². The number of anilines is 1. The summed E-state index contributed by atoms with van der Waals surface area (Å²) < 4.78 is 13.6. The highest BCUT2D eigenvalue weighted by atomic mass is 19.1. The zero-order chi connectivity index (χ0) is 16.6. The van der Waals surface area contributed by atoms with Gasteiger partial charge in [0.1, 0.15) is 5.82 Å². The van der Waals surface area contributed by atoms with Crippen molar-refractivity contribution < 1.29 is 9.18 Å². The maximum atomic E-state index is 13.6. The molecule has 1 aliphatic heterocycles. The number of nitrogens with zero attached hydrogens (tertiary/aromatic N) is 1. The highest BCUT2D eigenvalue weighted by Gasteiger charge is 2.35. The van der Waals surface area contributed by atoms with Crippen LogP contribution in [-0.4, -0.2) is 17.4 Å². The molecule has 0 saturated carbocycles. The van der Waals surface area contributed by atoms with E-state index in [1.807, 2.05) is 24.0 Å². The maximum absolute atomic E-state index is 13.6. The van der Waals surface area contributed by atoms with E-state index in [0.29, 0.717) is 23.7 Å². The van der Waals surface area contributed by atoms with E-state index >= 15 is 0 Å². The smallest absolute Gasteiger partial charge is 0.254 e. The average Bonchev–Trinajstić information content (AvgIpc) is 2.91. The molecule has 3 rings (SSSR count). The molecule has 2 N–H and O–H groups in total. The molecule has 0 spiro atoms. The molecule has 0 aromatic heterocycles.